The van der Waals surface area contributed by atoms with Crippen LogP contribution in [0.1, 0.15) is 17.2 Å². The first kappa shape index (κ1) is 10.1. The molecule has 0 aliphatic rings. The summed E-state index contributed by atoms with van der Waals surface area (Å²) in [6.07, 6.45) is 3.66. The van der Waals surface area contributed by atoms with Gasteiger partial charge in [-0.3, -0.25) is 4.98 Å². The summed E-state index contributed by atoms with van der Waals surface area (Å²) in [6.45, 7) is 1.99. The maximum atomic E-state index is 8.97. The van der Waals surface area contributed by atoms with Crippen molar-refractivity contribution in [1.82, 2.24) is 4.98 Å². The summed E-state index contributed by atoms with van der Waals surface area (Å²) in [6, 6.07) is 5.65. The van der Waals surface area contributed by atoms with Gasteiger partial charge >= 0.3 is 0 Å². The van der Waals surface area contributed by atoms with Crippen molar-refractivity contribution < 1.29 is 5.11 Å². The lowest BCUT2D eigenvalue weighted by Gasteiger charge is -2.10. The second-order valence-corrected chi connectivity index (χ2v) is 3.73. The molecule has 1 unspecified atom stereocenters. The molecule has 3 heteroatoms. The molecule has 0 spiro atoms. The van der Waals surface area contributed by atoms with Crippen LogP contribution < -0.4 is 5.73 Å². The molecule has 0 aliphatic carbocycles. The van der Waals surface area contributed by atoms with Gasteiger partial charge in [-0.25, -0.2) is 0 Å². The number of pyridine rings is 1. The van der Waals surface area contributed by atoms with Crippen LogP contribution in [0.4, 0.5) is 0 Å². The van der Waals surface area contributed by atoms with Gasteiger partial charge in [0.15, 0.2) is 0 Å². The Morgan fingerprint density at radius 3 is 2.93 bits per heavy atom. The van der Waals surface area contributed by atoms with E-state index in [0.717, 1.165) is 16.5 Å². The molecule has 78 valence electrons. The molecule has 2 aromatic rings. The third kappa shape index (κ3) is 1.84. The number of rotatable bonds is 2. The molecule has 0 saturated heterocycles. The zero-order valence-corrected chi connectivity index (χ0v) is 8.64. The summed E-state index contributed by atoms with van der Waals surface area (Å²) < 4.78 is 0. The van der Waals surface area contributed by atoms with Gasteiger partial charge in [-0.2, -0.15) is 0 Å². The van der Waals surface area contributed by atoms with Crippen molar-refractivity contribution in [2.24, 2.45) is 5.73 Å². The van der Waals surface area contributed by atoms with E-state index < -0.39 is 0 Å². The number of nitrogens with zero attached hydrogens (tertiary/aromatic N) is 1. The molecule has 2 rings (SSSR count). The van der Waals surface area contributed by atoms with Crippen molar-refractivity contribution in [2.45, 2.75) is 13.0 Å². The number of nitrogens with two attached hydrogens (primary N) is 1. The average molecular weight is 202 g/mol. The number of aliphatic hydroxyl groups is 1. The lowest BCUT2D eigenvalue weighted by molar-refractivity contribution is 0.268. The van der Waals surface area contributed by atoms with Crippen LogP contribution in [-0.2, 0) is 0 Å². The number of hydrogen-bond donors (Lipinski definition) is 2. The average Bonchev–Trinajstić information content (AvgIpc) is 2.28. The monoisotopic (exact) mass is 202 g/mol. The van der Waals surface area contributed by atoms with Crippen molar-refractivity contribution in [3.8, 4) is 0 Å². The Labute approximate surface area is 88.6 Å². The van der Waals surface area contributed by atoms with E-state index in [2.05, 4.69) is 4.98 Å². The van der Waals surface area contributed by atoms with Gasteiger partial charge in [0.25, 0.3) is 0 Å². The van der Waals surface area contributed by atoms with E-state index in [1.54, 1.807) is 0 Å². The summed E-state index contributed by atoms with van der Waals surface area (Å²) in [4.78, 5) is 4.14. The maximum absolute atomic E-state index is 8.97. The van der Waals surface area contributed by atoms with Gasteiger partial charge in [-0.1, -0.05) is 12.1 Å². The maximum Gasteiger partial charge on any atom is 0.0624 e. The third-order valence-electron chi connectivity index (χ3n) is 2.61. The van der Waals surface area contributed by atoms with Crippen LogP contribution in [0.25, 0.3) is 10.8 Å². The molecule has 0 fully saturated rings. The molecular formula is C12H14N2O. The van der Waals surface area contributed by atoms with E-state index in [4.69, 9.17) is 10.8 Å². The quantitative estimate of drug-likeness (QED) is 0.776. The normalized spacial score (nSPS) is 13.0. The molecule has 0 amide bonds. The van der Waals surface area contributed by atoms with Crippen LogP contribution in [0.15, 0.2) is 30.6 Å². The van der Waals surface area contributed by atoms with Gasteiger partial charge in [0, 0.05) is 17.8 Å². The third-order valence-corrected chi connectivity index (χ3v) is 2.61. The number of fused-ring (bicyclic) bond motifs is 1. The van der Waals surface area contributed by atoms with Crippen LogP contribution >= 0.6 is 0 Å². The molecule has 3 N–H and O–H groups in total. The molecule has 1 atom stereocenters. The molecule has 3 nitrogen and oxygen atoms in total. The van der Waals surface area contributed by atoms with Crippen LogP contribution in [0.3, 0.4) is 0 Å². The molecule has 0 radical (unpaired) electrons. The minimum Gasteiger partial charge on any atom is -0.394 e. The van der Waals surface area contributed by atoms with E-state index in [9.17, 15) is 0 Å². The number of hydrogen-bond acceptors (Lipinski definition) is 3. The Bertz CT molecular complexity index is 482. The number of benzene rings is 1. The standard InChI is InChI=1S/C12H14N2O/c1-8-5-14-6-10-4-9(12(13)7-15)2-3-11(8)10/h2-6,12,15H,7,13H2,1H3. The summed E-state index contributed by atoms with van der Waals surface area (Å²) in [5, 5.41) is 11.2. The first-order valence-electron chi connectivity index (χ1n) is 4.93. The highest BCUT2D eigenvalue weighted by atomic mass is 16.3. The highest BCUT2D eigenvalue weighted by Gasteiger charge is 2.05. The molecule has 0 aliphatic heterocycles. The number of aromatic nitrogens is 1. The smallest absolute Gasteiger partial charge is 0.0624 e. The fourth-order valence-electron chi connectivity index (χ4n) is 1.68. The zero-order valence-electron chi connectivity index (χ0n) is 8.64. The molecule has 1 aromatic carbocycles. The van der Waals surface area contributed by atoms with Crippen molar-refractivity contribution in [3.05, 3.63) is 41.7 Å². The molecule has 15 heavy (non-hydrogen) atoms. The Kier molecular flexibility index (Phi) is 2.66. The summed E-state index contributed by atoms with van der Waals surface area (Å²) in [5.74, 6) is 0. The van der Waals surface area contributed by atoms with Crippen LogP contribution in [0.2, 0.25) is 0 Å². The summed E-state index contributed by atoms with van der Waals surface area (Å²) in [5.41, 5.74) is 7.84. The van der Waals surface area contributed by atoms with Crippen LogP contribution in [-0.4, -0.2) is 16.7 Å². The molecule has 0 saturated carbocycles. The summed E-state index contributed by atoms with van der Waals surface area (Å²) in [7, 11) is 0. The largest absolute Gasteiger partial charge is 0.394 e. The van der Waals surface area contributed by atoms with Gasteiger partial charge in [0.2, 0.25) is 0 Å². The minimum absolute atomic E-state index is 0.0370. The van der Waals surface area contributed by atoms with E-state index in [1.165, 1.54) is 5.39 Å². The van der Waals surface area contributed by atoms with Gasteiger partial charge in [-0.05, 0) is 29.5 Å². The first-order chi connectivity index (χ1) is 7.22. The molecule has 1 aromatic heterocycles. The molecule has 0 bridgehead atoms. The number of aryl methyl sites for hydroxylation is 1. The van der Waals surface area contributed by atoms with Crippen molar-refractivity contribution >= 4 is 10.8 Å². The van der Waals surface area contributed by atoms with E-state index in [0.29, 0.717) is 0 Å². The highest BCUT2D eigenvalue weighted by Crippen LogP contribution is 2.20. The number of aliphatic hydroxyl groups excluding tert-OH is 1. The highest BCUT2D eigenvalue weighted by molar-refractivity contribution is 5.85. The van der Waals surface area contributed by atoms with Crippen molar-refractivity contribution in [1.29, 1.82) is 0 Å². The lowest BCUT2D eigenvalue weighted by atomic mass is 10.0. The molecular weight excluding hydrogens is 188 g/mol. The van der Waals surface area contributed by atoms with Gasteiger partial charge in [0.05, 0.1) is 12.6 Å². The second kappa shape index (κ2) is 3.96. The molecule has 1 heterocycles. The van der Waals surface area contributed by atoms with E-state index >= 15 is 0 Å². The van der Waals surface area contributed by atoms with Crippen LogP contribution in [0.5, 0.6) is 0 Å². The zero-order chi connectivity index (χ0) is 10.8. The predicted octanol–water partition coefficient (Wildman–Crippen LogP) is 1.54. The van der Waals surface area contributed by atoms with Crippen molar-refractivity contribution in [2.75, 3.05) is 6.61 Å². The van der Waals surface area contributed by atoms with Crippen LogP contribution in [0, 0.1) is 6.92 Å². The van der Waals surface area contributed by atoms with E-state index in [-0.39, 0.29) is 12.6 Å². The topological polar surface area (TPSA) is 59.1 Å². The SMILES string of the molecule is Cc1cncc2cc(C(N)CO)ccc12. The van der Waals surface area contributed by atoms with Gasteiger partial charge in [-0.15, -0.1) is 0 Å². The Hall–Kier alpha value is -1.45. The van der Waals surface area contributed by atoms with E-state index in [1.807, 2.05) is 37.5 Å². The van der Waals surface area contributed by atoms with Gasteiger partial charge < -0.3 is 10.8 Å². The second-order valence-electron chi connectivity index (χ2n) is 3.73. The summed E-state index contributed by atoms with van der Waals surface area (Å²) >= 11 is 0. The fraction of sp³-hybridized carbons (Fsp3) is 0.250. The first-order valence-corrected chi connectivity index (χ1v) is 4.93. The Morgan fingerprint density at radius 1 is 1.40 bits per heavy atom. The van der Waals surface area contributed by atoms with Gasteiger partial charge in [0.1, 0.15) is 0 Å². The predicted molar refractivity (Wildman–Crippen MR) is 60.5 cm³/mol. The Balaban J connectivity index is 2.57. The fourth-order valence-corrected chi connectivity index (χ4v) is 1.68. The minimum atomic E-state index is -0.310. The Morgan fingerprint density at radius 2 is 2.20 bits per heavy atom. The van der Waals surface area contributed by atoms with Crippen molar-refractivity contribution in [3.63, 3.8) is 0 Å². The lowest BCUT2D eigenvalue weighted by Crippen LogP contribution is -2.14.